The summed E-state index contributed by atoms with van der Waals surface area (Å²) >= 11 is 0. The molecule has 0 heterocycles. The zero-order valence-corrected chi connectivity index (χ0v) is 11.0. The molecule has 1 aromatic rings. The largest absolute Gasteiger partial charge is 0.387 e. The maximum Gasteiger partial charge on any atom is 0.0917 e. The average molecular weight is 237 g/mol. The highest BCUT2D eigenvalue weighted by atomic mass is 16.5. The lowest BCUT2D eigenvalue weighted by molar-refractivity contribution is 0.0920. The Morgan fingerprint density at radius 3 is 2.76 bits per heavy atom. The van der Waals surface area contributed by atoms with Crippen LogP contribution in [-0.4, -0.2) is 43.4 Å². The lowest BCUT2D eigenvalue weighted by atomic mass is 10.1. The van der Waals surface area contributed by atoms with Gasteiger partial charge in [-0.15, -0.1) is 0 Å². The van der Waals surface area contributed by atoms with Gasteiger partial charge in [-0.25, -0.2) is 0 Å². The zero-order valence-electron chi connectivity index (χ0n) is 11.0. The molecule has 0 aliphatic rings. The quantitative estimate of drug-likeness (QED) is 0.787. The molecule has 0 spiro atoms. The monoisotopic (exact) mass is 237 g/mol. The third kappa shape index (κ3) is 4.86. The van der Waals surface area contributed by atoms with E-state index in [0.717, 1.165) is 18.7 Å². The molecule has 3 heteroatoms. The summed E-state index contributed by atoms with van der Waals surface area (Å²) in [6.07, 6.45) is -0.424. The molecule has 0 aliphatic heterocycles. The number of aliphatic hydroxyl groups excluding tert-OH is 1. The van der Waals surface area contributed by atoms with Crippen LogP contribution in [0.15, 0.2) is 24.3 Å². The molecule has 0 saturated heterocycles. The second kappa shape index (κ2) is 7.43. The number of hydrogen-bond donors (Lipinski definition) is 1. The maximum atomic E-state index is 10.2. The number of benzene rings is 1. The Balaban J connectivity index is 2.54. The molecule has 0 radical (unpaired) electrons. The summed E-state index contributed by atoms with van der Waals surface area (Å²) in [5.74, 6) is 0. The minimum Gasteiger partial charge on any atom is -0.387 e. The summed E-state index contributed by atoms with van der Waals surface area (Å²) in [5.41, 5.74) is 2.17. The second-order valence-electron chi connectivity index (χ2n) is 4.32. The van der Waals surface area contributed by atoms with E-state index in [9.17, 15) is 5.11 Å². The Hall–Kier alpha value is -0.900. The van der Waals surface area contributed by atoms with Gasteiger partial charge < -0.3 is 9.84 Å². The number of ether oxygens (including phenoxy) is 1. The molecule has 1 aromatic carbocycles. The van der Waals surface area contributed by atoms with Crippen LogP contribution in [0.1, 0.15) is 24.2 Å². The fourth-order valence-electron chi connectivity index (χ4n) is 1.83. The third-order valence-electron chi connectivity index (χ3n) is 2.92. The van der Waals surface area contributed by atoms with Gasteiger partial charge in [-0.2, -0.15) is 0 Å². The van der Waals surface area contributed by atoms with Crippen molar-refractivity contribution in [1.82, 2.24) is 4.90 Å². The molecule has 1 rings (SSSR count). The highest BCUT2D eigenvalue weighted by Gasteiger charge is 2.12. The highest BCUT2D eigenvalue weighted by Crippen LogP contribution is 2.15. The van der Waals surface area contributed by atoms with Crippen LogP contribution in [0.4, 0.5) is 0 Å². The number of methoxy groups -OCH3 is 1. The van der Waals surface area contributed by atoms with Crippen LogP contribution in [0.25, 0.3) is 0 Å². The number of aliphatic hydroxyl groups is 1. The zero-order chi connectivity index (χ0) is 12.7. The number of hydrogen-bond acceptors (Lipinski definition) is 3. The van der Waals surface area contributed by atoms with Gasteiger partial charge in [-0.3, -0.25) is 4.90 Å². The molecule has 0 saturated carbocycles. The van der Waals surface area contributed by atoms with E-state index in [2.05, 4.69) is 11.8 Å². The van der Waals surface area contributed by atoms with Crippen LogP contribution >= 0.6 is 0 Å². The Kier molecular flexibility index (Phi) is 6.19. The van der Waals surface area contributed by atoms with E-state index in [0.29, 0.717) is 13.2 Å². The summed E-state index contributed by atoms with van der Waals surface area (Å²) < 4.78 is 5.06. The SMILES string of the molecule is CCN(CCOC)CC(O)c1cccc(C)c1. The standard InChI is InChI=1S/C14H23NO2/c1-4-15(8-9-17-3)11-14(16)13-7-5-6-12(2)10-13/h5-7,10,14,16H,4,8-9,11H2,1-3H3. The van der Waals surface area contributed by atoms with Crippen LogP contribution in [0, 0.1) is 6.92 Å². The molecular weight excluding hydrogens is 214 g/mol. The summed E-state index contributed by atoms with van der Waals surface area (Å²) in [6, 6.07) is 8.04. The summed E-state index contributed by atoms with van der Waals surface area (Å²) in [7, 11) is 1.70. The van der Waals surface area contributed by atoms with Crippen LogP contribution in [0.3, 0.4) is 0 Å². The van der Waals surface area contributed by atoms with Gasteiger partial charge in [-0.1, -0.05) is 36.8 Å². The van der Waals surface area contributed by atoms with Gasteiger partial charge in [0.15, 0.2) is 0 Å². The molecule has 0 fully saturated rings. The van der Waals surface area contributed by atoms with Crippen molar-refractivity contribution in [3.05, 3.63) is 35.4 Å². The molecule has 17 heavy (non-hydrogen) atoms. The fraction of sp³-hybridized carbons (Fsp3) is 0.571. The van der Waals surface area contributed by atoms with Crippen molar-refractivity contribution in [2.45, 2.75) is 20.0 Å². The summed E-state index contributed by atoms with van der Waals surface area (Å²) in [4.78, 5) is 2.19. The number of rotatable bonds is 7. The van der Waals surface area contributed by atoms with Crippen molar-refractivity contribution < 1.29 is 9.84 Å². The van der Waals surface area contributed by atoms with Crippen molar-refractivity contribution in [2.24, 2.45) is 0 Å². The molecule has 0 aliphatic carbocycles. The Morgan fingerprint density at radius 1 is 1.41 bits per heavy atom. The van der Waals surface area contributed by atoms with Crippen molar-refractivity contribution in [2.75, 3.05) is 33.4 Å². The van der Waals surface area contributed by atoms with Gasteiger partial charge in [0.2, 0.25) is 0 Å². The summed E-state index contributed by atoms with van der Waals surface area (Å²) in [6.45, 7) is 7.27. The molecular formula is C14H23NO2. The van der Waals surface area contributed by atoms with Crippen LogP contribution in [-0.2, 0) is 4.74 Å². The Bertz CT molecular complexity index is 328. The first-order valence-electron chi connectivity index (χ1n) is 6.13. The molecule has 3 nitrogen and oxygen atoms in total. The molecule has 0 bridgehead atoms. The second-order valence-corrected chi connectivity index (χ2v) is 4.32. The third-order valence-corrected chi connectivity index (χ3v) is 2.92. The molecule has 96 valence electrons. The van der Waals surface area contributed by atoms with E-state index in [-0.39, 0.29) is 0 Å². The minimum absolute atomic E-state index is 0.424. The van der Waals surface area contributed by atoms with Gasteiger partial charge in [0.05, 0.1) is 12.7 Å². The van der Waals surface area contributed by atoms with Gasteiger partial charge in [-0.05, 0) is 19.0 Å². The molecule has 1 unspecified atom stereocenters. The predicted octanol–water partition coefficient (Wildman–Crippen LogP) is 2.00. The van der Waals surface area contributed by atoms with Crippen molar-refractivity contribution in [3.8, 4) is 0 Å². The van der Waals surface area contributed by atoms with Crippen LogP contribution in [0.2, 0.25) is 0 Å². The highest BCUT2D eigenvalue weighted by molar-refractivity contribution is 5.24. The van der Waals surface area contributed by atoms with Crippen molar-refractivity contribution in [1.29, 1.82) is 0 Å². The fourth-order valence-corrected chi connectivity index (χ4v) is 1.83. The smallest absolute Gasteiger partial charge is 0.0917 e. The Labute approximate surface area is 104 Å². The van der Waals surface area contributed by atoms with E-state index < -0.39 is 6.10 Å². The van der Waals surface area contributed by atoms with E-state index in [1.165, 1.54) is 5.56 Å². The molecule has 0 amide bonds. The number of nitrogens with zero attached hydrogens (tertiary/aromatic N) is 1. The predicted molar refractivity (Wildman–Crippen MR) is 70.1 cm³/mol. The van der Waals surface area contributed by atoms with Crippen LogP contribution in [0.5, 0.6) is 0 Å². The summed E-state index contributed by atoms with van der Waals surface area (Å²) in [5, 5.41) is 10.2. The van der Waals surface area contributed by atoms with Gasteiger partial charge in [0, 0.05) is 20.2 Å². The lowest BCUT2D eigenvalue weighted by Crippen LogP contribution is -2.31. The van der Waals surface area contributed by atoms with Gasteiger partial charge in [0.25, 0.3) is 0 Å². The van der Waals surface area contributed by atoms with E-state index >= 15 is 0 Å². The molecule has 0 aromatic heterocycles. The van der Waals surface area contributed by atoms with Crippen molar-refractivity contribution >= 4 is 0 Å². The topological polar surface area (TPSA) is 32.7 Å². The normalized spacial score (nSPS) is 13.0. The van der Waals surface area contributed by atoms with E-state index in [1.807, 2.05) is 31.2 Å². The molecule has 1 atom stereocenters. The first-order chi connectivity index (χ1) is 8.17. The van der Waals surface area contributed by atoms with E-state index in [4.69, 9.17) is 4.74 Å². The number of likely N-dealkylation sites (N-methyl/N-ethyl adjacent to an activating group) is 1. The van der Waals surface area contributed by atoms with Crippen LogP contribution < -0.4 is 0 Å². The maximum absolute atomic E-state index is 10.2. The first-order valence-corrected chi connectivity index (χ1v) is 6.13. The lowest BCUT2D eigenvalue weighted by Gasteiger charge is -2.23. The minimum atomic E-state index is -0.424. The van der Waals surface area contributed by atoms with Gasteiger partial charge >= 0.3 is 0 Å². The first kappa shape index (κ1) is 14.2. The van der Waals surface area contributed by atoms with E-state index in [1.54, 1.807) is 7.11 Å². The van der Waals surface area contributed by atoms with Gasteiger partial charge in [0.1, 0.15) is 0 Å². The number of aryl methyl sites for hydroxylation is 1. The van der Waals surface area contributed by atoms with Crippen molar-refractivity contribution in [3.63, 3.8) is 0 Å². The average Bonchev–Trinajstić information content (AvgIpc) is 2.34. The molecule has 1 N–H and O–H groups in total. The Morgan fingerprint density at radius 2 is 2.18 bits per heavy atom.